The Morgan fingerprint density at radius 2 is 1.84 bits per heavy atom. The van der Waals surface area contributed by atoms with Gasteiger partial charge in [-0.3, -0.25) is 0 Å². The molecule has 0 fully saturated rings. The molecular formula is C23H29N5O3. The third-order valence-corrected chi connectivity index (χ3v) is 4.39. The van der Waals surface area contributed by atoms with Gasteiger partial charge in [-0.15, -0.1) is 0 Å². The van der Waals surface area contributed by atoms with E-state index in [0.29, 0.717) is 44.0 Å². The number of para-hydroxylation sites is 1. The van der Waals surface area contributed by atoms with Crippen molar-refractivity contribution in [2.75, 3.05) is 19.8 Å². The van der Waals surface area contributed by atoms with Crippen molar-refractivity contribution in [3.63, 3.8) is 0 Å². The number of hydrogen-bond donors (Lipinski definition) is 2. The smallest absolute Gasteiger partial charge is 0.214 e. The molecule has 0 aliphatic carbocycles. The second-order valence-corrected chi connectivity index (χ2v) is 6.81. The van der Waals surface area contributed by atoms with Crippen molar-refractivity contribution in [3.8, 4) is 11.6 Å². The summed E-state index contributed by atoms with van der Waals surface area (Å²) in [7, 11) is 0. The first-order chi connectivity index (χ1) is 15.1. The Morgan fingerprint density at radius 3 is 2.52 bits per heavy atom. The fraction of sp³-hybridized carbons (Fsp3) is 0.348. The van der Waals surface area contributed by atoms with Gasteiger partial charge in [0.15, 0.2) is 5.96 Å². The number of aromatic nitrogens is 2. The molecule has 0 aliphatic heterocycles. The quantitative estimate of drug-likeness (QED) is 0.293. The highest BCUT2D eigenvalue weighted by Gasteiger charge is 2.06. The SMILES string of the molecule is CCNC(=NCc1ccc(OCCOc2ccccc2)nc1)NCc1nc(C)c(C)o1. The first-order valence-corrected chi connectivity index (χ1v) is 10.3. The Kier molecular flexibility index (Phi) is 8.28. The van der Waals surface area contributed by atoms with E-state index in [4.69, 9.17) is 13.9 Å². The minimum Gasteiger partial charge on any atom is -0.490 e. The predicted molar refractivity (Wildman–Crippen MR) is 119 cm³/mol. The van der Waals surface area contributed by atoms with Gasteiger partial charge in [-0.1, -0.05) is 24.3 Å². The van der Waals surface area contributed by atoms with E-state index in [2.05, 4.69) is 25.6 Å². The van der Waals surface area contributed by atoms with Crippen molar-refractivity contribution in [2.45, 2.75) is 33.9 Å². The molecule has 0 unspecified atom stereocenters. The van der Waals surface area contributed by atoms with Crippen molar-refractivity contribution in [2.24, 2.45) is 4.99 Å². The molecule has 2 heterocycles. The Hall–Kier alpha value is -3.55. The number of oxazole rings is 1. The van der Waals surface area contributed by atoms with Gasteiger partial charge in [0.25, 0.3) is 0 Å². The fourth-order valence-electron chi connectivity index (χ4n) is 2.70. The van der Waals surface area contributed by atoms with Gasteiger partial charge in [-0.05, 0) is 38.5 Å². The molecular weight excluding hydrogens is 394 g/mol. The fourth-order valence-corrected chi connectivity index (χ4v) is 2.70. The number of nitrogens with zero attached hydrogens (tertiary/aromatic N) is 3. The summed E-state index contributed by atoms with van der Waals surface area (Å²) in [5.74, 6) is 3.54. The maximum absolute atomic E-state index is 5.63. The molecule has 0 bridgehead atoms. The van der Waals surface area contributed by atoms with E-state index < -0.39 is 0 Å². The van der Waals surface area contributed by atoms with Crippen LogP contribution in [0, 0.1) is 13.8 Å². The van der Waals surface area contributed by atoms with Gasteiger partial charge in [0, 0.05) is 18.8 Å². The minimum atomic E-state index is 0.424. The second-order valence-electron chi connectivity index (χ2n) is 6.81. The number of ether oxygens (including phenoxy) is 2. The predicted octanol–water partition coefficient (Wildman–Crippen LogP) is 3.40. The van der Waals surface area contributed by atoms with Gasteiger partial charge in [-0.25, -0.2) is 15.0 Å². The van der Waals surface area contributed by atoms with Gasteiger partial charge < -0.3 is 24.5 Å². The first kappa shape index (κ1) is 22.1. The third-order valence-electron chi connectivity index (χ3n) is 4.39. The standard InChI is InChI=1S/C23H29N5O3/c1-4-24-23(27-16-22-28-17(2)18(3)31-22)26-15-19-10-11-21(25-14-19)30-13-12-29-20-8-6-5-7-9-20/h5-11,14H,4,12-13,15-16H2,1-3H3,(H2,24,26,27). The normalized spacial score (nSPS) is 11.3. The lowest BCUT2D eigenvalue weighted by atomic mass is 10.3. The van der Waals surface area contributed by atoms with Crippen LogP contribution in [0.2, 0.25) is 0 Å². The molecule has 31 heavy (non-hydrogen) atoms. The average molecular weight is 424 g/mol. The van der Waals surface area contributed by atoms with Gasteiger partial charge in [0.05, 0.1) is 18.8 Å². The topological polar surface area (TPSA) is 93.8 Å². The summed E-state index contributed by atoms with van der Waals surface area (Å²) in [6.45, 7) is 8.45. The summed E-state index contributed by atoms with van der Waals surface area (Å²) in [6.07, 6.45) is 1.77. The van der Waals surface area contributed by atoms with E-state index in [9.17, 15) is 0 Å². The molecule has 2 aromatic heterocycles. The molecule has 8 heteroatoms. The van der Waals surface area contributed by atoms with Crippen LogP contribution in [0.25, 0.3) is 0 Å². The number of nitrogens with one attached hydrogen (secondary N) is 2. The van der Waals surface area contributed by atoms with Crippen molar-refractivity contribution < 1.29 is 13.9 Å². The van der Waals surface area contributed by atoms with Crippen LogP contribution in [-0.2, 0) is 13.1 Å². The summed E-state index contributed by atoms with van der Waals surface area (Å²) >= 11 is 0. The van der Waals surface area contributed by atoms with Crippen LogP contribution in [0.1, 0.15) is 29.8 Å². The largest absolute Gasteiger partial charge is 0.490 e. The van der Waals surface area contributed by atoms with E-state index in [0.717, 1.165) is 29.3 Å². The van der Waals surface area contributed by atoms with Crippen LogP contribution in [-0.4, -0.2) is 35.7 Å². The number of guanidine groups is 1. The van der Waals surface area contributed by atoms with E-state index >= 15 is 0 Å². The summed E-state index contributed by atoms with van der Waals surface area (Å²) in [4.78, 5) is 13.3. The molecule has 8 nitrogen and oxygen atoms in total. The zero-order valence-corrected chi connectivity index (χ0v) is 18.2. The van der Waals surface area contributed by atoms with Gasteiger partial charge in [0.1, 0.15) is 24.7 Å². The van der Waals surface area contributed by atoms with Crippen molar-refractivity contribution in [1.82, 2.24) is 20.6 Å². The van der Waals surface area contributed by atoms with Gasteiger partial charge in [-0.2, -0.15) is 0 Å². The number of hydrogen-bond acceptors (Lipinski definition) is 6. The second kappa shape index (κ2) is 11.6. The molecule has 0 spiro atoms. The minimum absolute atomic E-state index is 0.424. The highest BCUT2D eigenvalue weighted by atomic mass is 16.5. The lowest BCUT2D eigenvalue weighted by molar-refractivity contribution is 0.212. The van der Waals surface area contributed by atoms with E-state index in [1.807, 2.05) is 63.2 Å². The molecule has 0 atom stereocenters. The van der Waals surface area contributed by atoms with E-state index in [1.165, 1.54) is 0 Å². The molecule has 164 valence electrons. The number of aryl methyl sites for hydroxylation is 2. The maximum Gasteiger partial charge on any atom is 0.214 e. The highest BCUT2D eigenvalue weighted by Crippen LogP contribution is 2.11. The lowest BCUT2D eigenvalue weighted by Crippen LogP contribution is -2.36. The van der Waals surface area contributed by atoms with Crippen LogP contribution < -0.4 is 20.1 Å². The molecule has 3 aromatic rings. The molecule has 0 amide bonds. The molecule has 2 N–H and O–H groups in total. The number of aliphatic imine (C=N–C) groups is 1. The van der Waals surface area contributed by atoms with Gasteiger partial charge >= 0.3 is 0 Å². The number of rotatable bonds is 10. The van der Waals surface area contributed by atoms with Crippen LogP contribution in [0.3, 0.4) is 0 Å². The molecule has 1 aromatic carbocycles. The maximum atomic E-state index is 5.63. The van der Waals surface area contributed by atoms with E-state index in [-0.39, 0.29) is 0 Å². The Labute approximate surface area is 182 Å². The van der Waals surface area contributed by atoms with Crippen LogP contribution in [0.4, 0.5) is 0 Å². The van der Waals surface area contributed by atoms with Crippen molar-refractivity contribution in [3.05, 3.63) is 71.6 Å². The highest BCUT2D eigenvalue weighted by molar-refractivity contribution is 5.79. The van der Waals surface area contributed by atoms with Crippen LogP contribution in [0.15, 0.2) is 58.1 Å². The number of pyridine rings is 1. The summed E-state index contributed by atoms with van der Waals surface area (Å²) in [5, 5.41) is 6.44. The Balaban J connectivity index is 1.44. The molecule has 0 radical (unpaired) electrons. The number of benzene rings is 1. The van der Waals surface area contributed by atoms with E-state index in [1.54, 1.807) is 6.20 Å². The third kappa shape index (κ3) is 7.33. The summed E-state index contributed by atoms with van der Waals surface area (Å²) in [6, 6.07) is 13.4. The molecule has 0 saturated heterocycles. The van der Waals surface area contributed by atoms with Gasteiger partial charge in [0.2, 0.25) is 11.8 Å². The summed E-state index contributed by atoms with van der Waals surface area (Å²) in [5.41, 5.74) is 1.88. The molecule has 3 rings (SSSR count). The summed E-state index contributed by atoms with van der Waals surface area (Å²) < 4.78 is 16.8. The van der Waals surface area contributed by atoms with Crippen LogP contribution >= 0.6 is 0 Å². The van der Waals surface area contributed by atoms with Crippen LogP contribution in [0.5, 0.6) is 11.6 Å². The first-order valence-electron chi connectivity index (χ1n) is 10.3. The van der Waals surface area contributed by atoms with Crippen molar-refractivity contribution in [1.29, 1.82) is 0 Å². The zero-order valence-electron chi connectivity index (χ0n) is 18.2. The van der Waals surface area contributed by atoms with Crippen molar-refractivity contribution >= 4 is 5.96 Å². The average Bonchev–Trinajstić information content (AvgIpc) is 3.12. The Bertz CT molecular complexity index is 936. The molecule has 0 aliphatic rings. The Morgan fingerprint density at radius 1 is 1.03 bits per heavy atom. The monoisotopic (exact) mass is 423 g/mol. The zero-order chi connectivity index (χ0) is 21.9. The lowest BCUT2D eigenvalue weighted by Gasteiger charge is -2.10. The molecule has 0 saturated carbocycles.